The van der Waals surface area contributed by atoms with Crippen LogP contribution in [0.5, 0.6) is 0 Å². The minimum absolute atomic E-state index is 0.240. The number of carbonyl (C=O) groups is 1. The fourth-order valence-corrected chi connectivity index (χ4v) is 7.21. The Labute approximate surface area is 161 Å². The summed E-state index contributed by atoms with van der Waals surface area (Å²) in [4.78, 5) is 13.8. The number of hydrogen-bond acceptors (Lipinski definition) is 3. The van der Waals surface area contributed by atoms with E-state index in [0.717, 1.165) is 31.2 Å². The standard InChI is InChI=1S/C24H26N2O/c1-2-15-3-5-19(6-4-15)20-21(24(20,13-25)14-26)22(27)23-10-16-7-17(11-23)9-18(8-16)12-23/h3-6,16-18,20-21H,2,7-12H2,1H3/t16?,17?,18?,20-,21-,23?/m0/s1. The third kappa shape index (κ3) is 2.27. The van der Waals surface area contributed by atoms with Gasteiger partial charge in [-0.05, 0) is 73.8 Å². The maximum absolute atomic E-state index is 13.8. The van der Waals surface area contributed by atoms with E-state index < -0.39 is 11.3 Å². The topological polar surface area (TPSA) is 64.7 Å². The number of benzene rings is 1. The summed E-state index contributed by atoms with van der Waals surface area (Å²) in [5.41, 5.74) is 0.825. The first-order valence-electron chi connectivity index (χ1n) is 10.5. The van der Waals surface area contributed by atoms with Gasteiger partial charge < -0.3 is 0 Å². The zero-order valence-corrected chi connectivity index (χ0v) is 15.9. The molecule has 5 fully saturated rings. The smallest absolute Gasteiger partial charge is 0.161 e. The van der Waals surface area contributed by atoms with Crippen LogP contribution in [0.1, 0.15) is 62.5 Å². The average Bonchev–Trinajstić information content (AvgIpc) is 3.35. The molecular weight excluding hydrogens is 332 g/mol. The quantitative estimate of drug-likeness (QED) is 0.778. The molecule has 0 unspecified atom stereocenters. The van der Waals surface area contributed by atoms with E-state index in [-0.39, 0.29) is 17.1 Å². The lowest BCUT2D eigenvalue weighted by Crippen LogP contribution is -2.50. The zero-order chi connectivity index (χ0) is 18.8. The first-order chi connectivity index (χ1) is 13.0. The molecule has 5 aliphatic rings. The lowest BCUT2D eigenvalue weighted by Gasteiger charge is -2.56. The first-order valence-corrected chi connectivity index (χ1v) is 10.5. The normalized spacial score (nSPS) is 40.2. The van der Waals surface area contributed by atoms with E-state index >= 15 is 0 Å². The highest BCUT2D eigenvalue weighted by Crippen LogP contribution is 2.70. The Morgan fingerprint density at radius 3 is 1.96 bits per heavy atom. The summed E-state index contributed by atoms with van der Waals surface area (Å²) in [7, 11) is 0. The van der Waals surface area contributed by atoms with Crippen LogP contribution in [0, 0.1) is 57.2 Å². The van der Waals surface area contributed by atoms with Crippen LogP contribution in [-0.4, -0.2) is 5.78 Å². The van der Waals surface area contributed by atoms with Crippen molar-refractivity contribution in [3.05, 3.63) is 35.4 Å². The Hall–Kier alpha value is -2.13. The van der Waals surface area contributed by atoms with E-state index in [1.807, 2.05) is 12.1 Å². The molecule has 0 radical (unpaired) electrons. The highest BCUT2D eigenvalue weighted by Gasteiger charge is 2.73. The van der Waals surface area contributed by atoms with E-state index in [9.17, 15) is 15.3 Å². The SMILES string of the molecule is CCc1ccc([C@H]2[C@@H](C(=O)C34CC5CC(CC(C5)C3)C4)C2(C#N)C#N)cc1. The molecule has 1 aromatic rings. The van der Waals surface area contributed by atoms with E-state index in [0.29, 0.717) is 17.8 Å². The number of carbonyl (C=O) groups excluding carboxylic acids is 1. The third-order valence-electron chi connectivity index (χ3n) is 8.17. The van der Waals surface area contributed by atoms with Gasteiger partial charge in [-0.2, -0.15) is 10.5 Å². The van der Waals surface area contributed by atoms with Gasteiger partial charge in [-0.25, -0.2) is 0 Å². The molecule has 3 nitrogen and oxygen atoms in total. The van der Waals surface area contributed by atoms with Gasteiger partial charge in [-0.3, -0.25) is 4.79 Å². The fraction of sp³-hybridized carbons (Fsp3) is 0.625. The lowest BCUT2D eigenvalue weighted by atomic mass is 9.48. The van der Waals surface area contributed by atoms with Crippen molar-refractivity contribution in [3.63, 3.8) is 0 Å². The summed E-state index contributed by atoms with van der Waals surface area (Å²) < 4.78 is 0. The molecule has 138 valence electrons. The lowest BCUT2D eigenvalue weighted by molar-refractivity contribution is -0.145. The number of rotatable bonds is 4. The molecule has 5 aliphatic carbocycles. The Bertz CT molecular complexity index is 820. The predicted octanol–water partition coefficient (Wildman–Crippen LogP) is 4.78. The molecule has 0 N–H and O–H groups in total. The van der Waals surface area contributed by atoms with Crippen LogP contribution in [0.2, 0.25) is 0 Å². The largest absolute Gasteiger partial charge is 0.299 e. The number of nitriles is 2. The zero-order valence-electron chi connectivity index (χ0n) is 15.9. The van der Waals surface area contributed by atoms with Crippen molar-refractivity contribution in [3.8, 4) is 12.1 Å². The number of nitrogens with zero attached hydrogens (tertiary/aromatic N) is 2. The van der Waals surface area contributed by atoms with Crippen molar-refractivity contribution in [2.45, 2.75) is 57.8 Å². The maximum Gasteiger partial charge on any atom is 0.161 e. The second-order valence-electron chi connectivity index (χ2n) is 9.71. The summed E-state index contributed by atoms with van der Waals surface area (Å²) in [6.07, 6.45) is 7.85. The second kappa shape index (κ2) is 5.68. The van der Waals surface area contributed by atoms with Gasteiger partial charge >= 0.3 is 0 Å². The number of ketones is 1. The van der Waals surface area contributed by atoms with Gasteiger partial charge in [-0.1, -0.05) is 31.2 Å². The molecule has 0 heterocycles. The number of Topliss-reactive ketones (excluding diaryl/α,β-unsaturated/α-hetero) is 1. The van der Waals surface area contributed by atoms with Gasteiger partial charge in [0.1, 0.15) is 5.78 Å². The van der Waals surface area contributed by atoms with Crippen LogP contribution in [0.3, 0.4) is 0 Å². The summed E-state index contributed by atoms with van der Waals surface area (Å²) in [5.74, 6) is 1.64. The monoisotopic (exact) mass is 358 g/mol. The molecule has 0 amide bonds. The minimum Gasteiger partial charge on any atom is -0.299 e. The molecule has 0 aromatic heterocycles. The van der Waals surface area contributed by atoms with Crippen molar-refractivity contribution >= 4 is 5.78 Å². The van der Waals surface area contributed by atoms with Crippen LogP contribution < -0.4 is 0 Å². The van der Waals surface area contributed by atoms with Crippen LogP contribution in [-0.2, 0) is 11.2 Å². The first kappa shape index (κ1) is 17.0. The van der Waals surface area contributed by atoms with Crippen molar-refractivity contribution in [1.29, 1.82) is 10.5 Å². The van der Waals surface area contributed by atoms with Gasteiger partial charge in [0, 0.05) is 11.3 Å². The Morgan fingerprint density at radius 2 is 1.52 bits per heavy atom. The van der Waals surface area contributed by atoms with Crippen molar-refractivity contribution < 1.29 is 4.79 Å². The van der Waals surface area contributed by atoms with Gasteiger partial charge in [0.15, 0.2) is 5.41 Å². The molecule has 6 rings (SSSR count). The molecule has 3 heteroatoms. The molecule has 0 saturated heterocycles. The van der Waals surface area contributed by atoms with E-state index in [1.54, 1.807) is 0 Å². The summed E-state index contributed by atoms with van der Waals surface area (Å²) in [6, 6.07) is 12.7. The fourth-order valence-electron chi connectivity index (χ4n) is 7.21. The summed E-state index contributed by atoms with van der Waals surface area (Å²) in [6.45, 7) is 2.11. The van der Waals surface area contributed by atoms with Gasteiger partial charge in [-0.15, -0.1) is 0 Å². The third-order valence-corrected chi connectivity index (χ3v) is 8.17. The van der Waals surface area contributed by atoms with Crippen molar-refractivity contribution in [2.24, 2.45) is 34.5 Å². The van der Waals surface area contributed by atoms with E-state index in [2.05, 4.69) is 31.2 Å². The van der Waals surface area contributed by atoms with Gasteiger partial charge in [0.05, 0.1) is 18.1 Å². The van der Waals surface area contributed by atoms with Crippen LogP contribution in [0.4, 0.5) is 0 Å². The molecule has 27 heavy (non-hydrogen) atoms. The molecule has 4 bridgehead atoms. The van der Waals surface area contributed by atoms with Crippen molar-refractivity contribution in [1.82, 2.24) is 0 Å². The van der Waals surface area contributed by atoms with E-state index in [4.69, 9.17) is 0 Å². The minimum atomic E-state index is -1.16. The molecular formula is C24H26N2O. The highest BCUT2D eigenvalue weighted by atomic mass is 16.1. The van der Waals surface area contributed by atoms with Crippen molar-refractivity contribution in [2.75, 3.05) is 0 Å². The molecule has 0 aliphatic heterocycles. The Kier molecular flexibility index (Phi) is 3.58. The predicted molar refractivity (Wildman–Crippen MR) is 101 cm³/mol. The highest BCUT2D eigenvalue weighted by molar-refractivity contribution is 5.94. The van der Waals surface area contributed by atoms with Crippen LogP contribution in [0.25, 0.3) is 0 Å². The van der Waals surface area contributed by atoms with E-state index in [1.165, 1.54) is 24.8 Å². The molecule has 0 spiro atoms. The molecule has 2 atom stereocenters. The average molecular weight is 358 g/mol. The Balaban J connectivity index is 1.49. The number of aryl methyl sites for hydroxylation is 1. The number of hydrogen-bond donors (Lipinski definition) is 0. The van der Waals surface area contributed by atoms with Gasteiger partial charge in [0.25, 0.3) is 0 Å². The summed E-state index contributed by atoms with van der Waals surface area (Å²) >= 11 is 0. The molecule has 5 saturated carbocycles. The van der Waals surface area contributed by atoms with Gasteiger partial charge in [0.2, 0.25) is 0 Å². The second-order valence-corrected chi connectivity index (χ2v) is 9.71. The van der Waals surface area contributed by atoms with Crippen LogP contribution >= 0.6 is 0 Å². The summed E-state index contributed by atoms with van der Waals surface area (Å²) in [5, 5.41) is 19.7. The Morgan fingerprint density at radius 1 is 1.00 bits per heavy atom. The molecule has 1 aromatic carbocycles. The maximum atomic E-state index is 13.8. The van der Waals surface area contributed by atoms with Crippen LogP contribution in [0.15, 0.2) is 24.3 Å².